The fourth-order valence-electron chi connectivity index (χ4n) is 3.64. The second-order valence-electron chi connectivity index (χ2n) is 7.40. The molecule has 1 aliphatic rings. The molecule has 3 rings (SSSR count). The van der Waals surface area contributed by atoms with Crippen molar-refractivity contribution in [2.24, 2.45) is 12.0 Å². The van der Waals surface area contributed by atoms with E-state index in [9.17, 15) is 0 Å². The molecule has 1 aromatic carbocycles. The van der Waals surface area contributed by atoms with Gasteiger partial charge in [-0.2, -0.15) is 0 Å². The third-order valence-corrected chi connectivity index (χ3v) is 5.56. The molecule has 30 heavy (non-hydrogen) atoms. The lowest BCUT2D eigenvalue weighted by Crippen LogP contribution is -2.44. The van der Waals surface area contributed by atoms with E-state index in [0.29, 0.717) is 19.1 Å². The summed E-state index contributed by atoms with van der Waals surface area (Å²) in [6.45, 7) is 8.49. The number of aryl methyl sites for hydroxylation is 1. The van der Waals surface area contributed by atoms with Crippen molar-refractivity contribution in [2.45, 2.75) is 45.8 Å². The average Bonchev–Trinajstić information content (AvgIpc) is 3.34. The van der Waals surface area contributed by atoms with Crippen LogP contribution in [-0.2, 0) is 20.1 Å². The van der Waals surface area contributed by atoms with Gasteiger partial charge < -0.3 is 19.9 Å². The number of rotatable bonds is 8. The number of guanidine groups is 1. The van der Waals surface area contributed by atoms with Crippen molar-refractivity contribution in [3.05, 3.63) is 41.5 Å². The van der Waals surface area contributed by atoms with Gasteiger partial charge in [0.15, 0.2) is 11.8 Å². The van der Waals surface area contributed by atoms with E-state index < -0.39 is 0 Å². The summed E-state index contributed by atoms with van der Waals surface area (Å²) in [5.41, 5.74) is 1.11. The van der Waals surface area contributed by atoms with Gasteiger partial charge in [0.05, 0.1) is 20.2 Å². The molecule has 2 N–H and O–H groups in total. The number of aromatic nitrogens is 3. The normalized spacial score (nSPS) is 16.9. The molecule has 1 unspecified atom stereocenters. The smallest absolute Gasteiger partial charge is 0.192 e. The van der Waals surface area contributed by atoms with E-state index in [1.165, 1.54) is 19.4 Å². The lowest BCUT2D eigenvalue weighted by Gasteiger charge is -2.24. The van der Waals surface area contributed by atoms with Gasteiger partial charge in [-0.15, -0.1) is 34.2 Å². The van der Waals surface area contributed by atoms with Gasteiger partial charge in [0, 0.05) is 19.6 Å². The molecule has 8 nitrogen and oxygen atoms in total. The Morgan fingerprint density at radius 1 is 1.30 bits per heavy atom. The van der Waals surface area contributed by atoms with Crippen molar-refractivity contribution < 1.29 is 4.74 Å². The summed E-state index contributed by atoms with van der Waals surface area (Å²) in [4.78, 5) is 7.32. The van der Waals surface area contributed by atoms with Crippen LogP contribution in [0.4, 0.5) is 0 Å². The van der Waals surface area contributed by atoms with Crippen LogP contribution in [0.3, 0.4) is 0 Å². The minimum atomic E-state index is 0. The number of hydrogen-bond donors (Lipinski definition) is 2. The van der Waals surface area contributed by atoms with Crippen LogP contribution in [0.1, 0.15) is 37.0 Å². The summed E-state index contributed by atoms with van der Waals surface area (Å²) in [6, 6.07) is 8.57. The Hall–Kier alpha value is -1.88. The molecular weight excluding hydrogens is 493 g/mol. The number of aliphatic imine (C=N–C) groups is 1. The summed E-state index contributed by atoms with van der Waals surface area (Å²) >= 11 is 0. The Morgan fingerprint density at radius 2 is 2.13 bits per heavy atom. The summed E-state index contributed by atoms with van der Waals surface area (Å²) in [6.07, 6.45) is 2.49. The van der Waals surface area contributed by atoms with Gasteiger partial charge in [-0.1, -0.05) is 19.1 Å². The van der Waals surface area contributed by atoms with Crippen molar-refractivity contribution >= 4 is 29.9 Å². The molecule has 0 aliphatic carbocycles. The van der Waals surface area contributed by atoms with Crippen LogP contribution in [0.2, 0.25) is 0 Å². The first-order valence-electron chi connectivity index (χ1n) is 10.3. The van der Waals surface area contributed by atoms with E-state index >= 15 is 0 Å². The maximum Gasteiger partial charge on any atom is 0.192 e. The predicted molar refractivity (Wildman–Crippen MR) is 130 cm³/mol. The minimum Gasteiger partial charge on any atom is -0.497 e. The molecule has 0 radical (unpaired) electrons. The van der Waals surface area contributed by atoms with Crippen LogP contribution in [0, 0.1) is 6.92 Å². The maximum absolute atomic E-state index is 5.32. The first kappa shape index (κ1) is 24.4. The first-order valence-corrected chi connectivity index (χ1v) is 10.3. The number of likely N-dealkylation sites (tertiary alicyclic amines) is 1. The highest BCUT2D eigenvalue weighted by molar-refractivity contribution is 14.0. The Balaban J connectivity index is 0.00000320. The Kier molecular flexibility index (Phi) is 9.83. The van der Waals surface area contributed by atoms with Gasteiger partial charge in [-0.05, 0) is 50.6 Å². The first-order chi connectivity index (χ1) is 14.1. The second kappa shape index (κ2) is 12.1. The van der Waals surface area contributed by atoms with E-state index in [-0.39, 0.29) is 24.0 Å². The van der Waals surface area contributed by atoms with Crippen molar-refractivity contribution in [3.8, 4) is 5.75 Å². The molecule has 1 atom stereocenters. The van der Waals surface area contributed by atoms with Gasteiger partial charge >= 0.3 is 0 Å². The van der Waals surface area contributed by atoms with Crippen LogP contribution < -0.4 is 15.4 Å². The van der Waals surface area contributed by atoms with Crippen LogP contribution in [0.15, 0.2) is 29.3 Å². The van der Waals surface area contributed by atoms with Crippen LogP contribution >= 0.6 is 24.0 Å². The average molecular weight is 527 g/mol. The van der Waals surface area contributed by atoms with Crippen LogP contribution in [0.25, 0.3) is 0 Å². The molecule has 0 bridgehead atoms. The number of nitrogens with zero attached hydrogens (tertiary/aromatic N) is 5. The van der Waals surface area contributed by atoms with Gasteiger partial charge in [0.1, 0.15) is 11.6 Å². The summed E-state index contributed by atoms with van der Waals surface area (Å²) in [5.74, 6) is 3.42. The van der Waals surface area contributed by atoms with E-state index in [0.717, 1.165) is 42.0 Å². The molecule has 1 saturated heterocycles. The molecule has 0 spiro atoms. The molecule has 2 aromatic rings. The van der Waals surface area contributed by atoms with Gasteiger partial charge in [0.25, 0.3) is 0 Å². The Morgan fingerprint density at radius 3 is 2.83 bits per heavy atom. The zero-order valence-electron chi connectivity index (χ0n) is 18.4. The highest BCUT2D eigenvalue weighted by Crippen LogP contribution is 2.16. The van der Waals surface area contributed by atoms with Crippen LogP contribution in [0.5, 0.6) is 5.75 Å². The Labute approximate surface area is 196 Å². The van der Waals surface area contributed by atoms with Crippen molar-refractivity contribution in [2.75, 3.05) is 26.7 Å². The van der Waals surface area contributed by atoms with Gasteiger partial charge in [-0.25, -0.2) is 4.99 Å². The van der Waals surface area contributed by atoms with Crippen LogP contribution in [-0.4, -0.2) is 58.4 Å². The van der Waals surface area contributed by atoms with Crippen molar-refractivity contribution in [3.63, 3.8) is 0 Å². The van der Waals surface area contributed by atoms with Crippen molar-refractivity contribution in [1.82, 2.24) is 30.3 Å². The van der Waals surface area contributed by atoms with Gasteiger partial charge in [0.2, 0.25) is 0 Å². The maximum atomic E-state index is 5.32. The molecule has 166 valence electrons. The third-order valence-electron chi connectivity index (χ3n) is 5.56. The predicted octanol–water partition coefficient (Wildman–Crippen LogP) is 2.47. The molecular formula is C21H34IN7O. The van der Waals surface area contributed by atoms with Gasteiger partial charge in [-0.3, -0.25) is 4.90 Å². The van der Waals surface area contributed by atoms with E-state index in [2.05, 4.69) is 38.7 Å². The lowest BCUT2D eigenvalue weighted by atomic mass is 10.2. The number of hydrogen-bond acceptors (Lipinski definition) is 5. The number of methoxy groups -OCH3 is 1. The van der Waals surface area contributed by atoms with E-state index in [4.69, 9.17) is 9.73 Å². The molecule has 2 heterocycles. The third kappa shape index (κ3) is 6.56. The number of halogens is 1. The number of likely N-dealkylation sites (N-methyl/N-ethyl adjacent to an activating group) is 1. The lowest BCUT2D eigenvalue weighted by molar-refractivity contribution is 0.267. The highest BCUT2D eigenvalue weighted by Gasteiger charge is 2.22. The molecule has 1 aromatic heterocycles. The zero-order valence-corrected chi connectivity index (χ0v) is 20.7. The molecule has 9 heteroatoms. The topological polar surface area (TPSA) is 79.6 Å². The van der Waals surface area contributed by atoms with E-state index in [1.807, 2.05) is 36.7 Å². The standard InChI is InChI=1S/C21H33N7O.HI/c1-5-28-11-7-9-18(28)14-23-21(24-15-20-26-25-16(2)27(20)3)22-13-17-8-6-10-19(12-17)29-4;/h6,8,10,12,18H,5,7,9,11,13-15H2,1-4H3,(H2,22,23,24);1H. The number of ether oxygens (including phenoxy) is 1. The second-order valence-corrected chi connectivity index (χ2v) is 7.40. The zero-order chi connectivity index (χ0) is 20.6. The molecule has 1 aliphatic heterocycles. The minimum absolute atomic E-state index is 0. The monoisotopic (exact) mass is 527 g/mol. The SMILES string of the molecule is CCN1CCCC1CNC(=NCc1cccc(OC)c1)NCc1nnc(C)n1C.I. The fraction of sp³-hybridized carbons (Fsp3) is 0.571. The molecule has 1 fully saturated rings. The number of benzene rings is 1. The quantitative estimate of drug-likeness (QED) is 0.312. The van der Waals surface area contributed by atoms with Crippen molar-refractivity contribution in [1.29, 1.82) is 0 Å². The highest BCUT2D eigenvalue weighted by atomic mass is 127. The molecule has 0 amide bonds. The summed E-state index contributed by atoms with van der Waals surface area (Å²) < 4.78 is 7.31. The van der Waals surface area contributed by atoms with E-state index in [1.54, 1.807) is 7.11 Å². The Bertz CT molecular complexity index is 823. The number of nitrogens with one attached hydrogen (secondary N) is 2. The largest absolute Gasteiger partial charge is 0.497 e. The molecule has 0 saturated carbocycles. The summed E-state index contributed by atoms with van der Waals surface area (Å²) in [7, 11) is 3.66. The fourth-order valence-corrected chi connectivity index (χ4v) is 3.64. The summed E-state index contributed by atoms with van der Waals surface area (Å²) in [5, 5.41) is 15.3.